The van der Waals surface area contributed by atoms with Crippen LogP contribution in [0.15, 0.2) is 0 Å². The van der Waals surface area contributed by atoms with Gasteiger partial charge in [0.15, 0.2) is 0 Å². The minimum atomic E-state index is -0.828. The average molecular weight is 130 g/mol. The van der Waals surface area contributed by atoms with Crippen molar-refractivity contribution >= 4 is 5.78 Å². The monoisotopic (exact) mass is 130 g/mol. The number of carbonyl (C=O) groups is 1. The summed E-state index contributed by atoms with van der Waals surface area (Å²) in [7, 11) is 1.51. The molecule has 1 fully saturated rings. The second-order valence-corrected chi connectivity index (χ2v) is 2.55. The van der Waals surface area contributed by atoms with Crippen molar-refractivity contribution in [3.63, 3.8) is 0 Å². The van der Waals surface area contributed by atoms with Gasteiger partial charge in [-0.05, 0) is 0 Å². The number of Topliss-reactive ketones (excluding diaryl/α,β-unsaturated/α-hetero) is 1. The highest BCUT2D eigenvalue weighted by molar-refractivity contribution is 5.87. The Morgan fingerprint density at radius 1 is 1.78 bits per heavy atom. The van der Waals surface area contributed by atoms with Gasteiger partial charge in [0.05, 0.1) is 6.61 Å². The molecule has 0 saturated heterocycles. The van der Waals surface area contributed by atoms with Gasteiger partial charge >= 0.3 is 0 Å². The third kappa shape index (κ3) is 1.28. The van der Waals surface area contributed by atoms with Crippen molar-refractivity contribution < 1.29 is 14.6 Å². The van der Waals surface area contributed by atoms with Crippen LogP contribution in [0.2, 0.25) is 0 Å². The Hall–Kier alpha value is -0.410. The maximum absolute atomic E-state index is 10.4. The predicted molar refractivity (Wildman–Crippen MR) is 31.1 cm³/mol. The van der Waals surface area contributed by atoms with E-state index >= 15 is 0 Å². The fourth-order valence-electron chi connectivity index (χ4n) is 1.05. The number of hydrogen-bond acceptors (Lipinski definition) is 3. The second kappa shape index (κ2) is 2.08. The second-order valence-electron chi connectivity index (χ2n) is 2.55. The van der Waals surface area contributed by atoms with E-state index in [1.54, 1.807) is 0 Å². The molecule has 1 aliphatic rings. The molecule has 1 N–H and O–H groups in total. The minimum absolute atomic E-state index is 0.120. The summed E-state index contributed by atoms with van der Waals surface area (Å²) in [5.41, 5.74) is -0.828. The quantitative estimate of drug-likeness (QED) is 0.559. The lowest BCUT2D eigenvalue weighted by Gasteiger charge is -2.33. The summed E-state index contributed by atoms with van der Waals surface area (Å²) in [6, 6.07) is 0. The van der Waals surface area contributed by atoms with Crippen LogP contribution < -0.4 is 0 Å². The Bertz CT molecular complexity index is 122. The van der Waals surface area contributed by atoms with Gasteiger partial charge in [-0.1, -0.05) is 0 Å². The van der Waals surface area contributed by atoms with Crippen molar-refractivity contribution in [3.8, 4) is 0 Å². The summed E-state index contributed by atoms with van der Waals surface area (Å²) < 4.78 is 4.69. The fraction of sp³-hybridized carbons (Fsp3) is 0.833. The largest absolute Gasteiger partial charge is 0.387 e. The number of aliphatic hydroxyl groups is 1. The van der Waals surface area contributed by atoms with E-state index in [9.17, 15) is 9.90 Å². The van der Waals surface area contributed by atoms with Gasteiger partial charge in [0.2, 0.25) is 0 Å². The zero-order chi connectivity index (χ0) is 6.91. The molecule has 1 rings (SSSR count). The molecule has 3 heteroatoms. The first-order valence-corrected chi connectivity index (χ1v) is 2.89. The SMILES string of the molecule is COCC1(O)CC(=O)C1. The minimum Gasteiger partial charge on any atom is -0.387 e. The number of carbonyl (C=O) groups excluding carboxylic acids is 1. The highest BCUT2D eigenvalue weighted by Gasteiger charge is 2.41. The van der Waals surface area contributed by atoms with Crippen LogP contribution in [0.5, 0.6) is 0 Å². The van der Waals surface area contributed by atoms with Crippen molar-refractivity contribution in [2.45, 2.75) is 18.4 Å². The van der Waals surface area contributed by atoms with Crippen molar-refractivity contribution in [2.24, 2.45) is 0 Å². The molecule has 0 atom stereocenters. The zero-order valence-electron chi connectivity index (χ0n) is 5.39. The summed E-state index contributed by atoms with van der Waals surface area (Å²) in [6.45, 7) is 0.277. The van der Waals surface area contributed by atoms with Gasteiger partial charge in [0.1, 0.15) is 11.4 Å². The number of ether oxygens (including phenoxy) is 1. The van der Waals surface area contributed by atoms with Gasteiger partial charge < -0.3 is 9.84 Å². The zero-order valence-corrected chi connectivity index (χ0v) is 5.39. The molecule has 9 heavy (non-hydrogen) atoms. The molecule has 0 aliphatic heterocycles. The van der Waals surface area contributed by atoms with Crippen molar-refractivity contribution in [1.82, 2.24) is 0 Å². The number of methoxy groups -OCH3 is 1. The molecule has 0 aromatic heterocycles. The van der Waals surface area contributed by atoms with E-state index in [4.69, 9.17) is 4.74 Å². The number of ketones is 1. The Balaban J connectivity index is 2.31. The predicted octanol–water partition coefficient (Wildman–Crippen LogP) is -0.273. The molecule has 0 unspecified atom stereocenters. The Morgan fingerprint density at radius 3 is 2.67 bits per heavy atom. The van der Waals surface area contributed by atoms with Crippen LogP contribution in [0.3, 0.4) is 0 Å². The van der Waals surface area contributed by atoms with Gasteiger partial charge in [-0.25, -0.2) is 0 Å². The molecule has 1 saturated carbocycles. The standard InChI is InChI=1S/C6H10O3/c1-9-4-6(8)2-5(7)3-6/h8H,2-4H2,1H3. The van der Waals surface area contributed by atoms with Crippen molar-refractivity contribution in [1.29, 1.82) is 0 Å². The first-order chi connectivity index (χ1) is 4.16. The molecule has 0 aromatic rings. The molecule has 1 aliphatic carbocycles. The molecular formula is C6H10O3. The third-order valence-electron chi connectivity index (χ3n) is 1.47. The van der Waals surface area contributed by atoms with Gasteiger partial charge in [-0.2, -0.15) is 0 Å². The Labute approximate surface area is 53.6 Å². The molecule has 0 bridgehead atoms. The van der Waals surface area contributed by atoms with Crippen molar-refractivity contribution in [3.05, 3.63) is 0 Å². The van der Waals surface area contributed by atoms with E-state index in [0.29, 0.717) is 0 Å². The summed E-state index contributed by atoms with van der Waals surface area (Å²) in [5.74, 6) is 0.120. The lowest BCUT2D eigenvalue weighted by molar-refractivity contribution is -0.149. The first-order valence-electron chi connectivity index (χ1n) is 2.89. The van der Waals surface area contributed by atoms with E-state index in [-0.39, 0.29) is 25.2 Å². The van der Waals surface area contributed by atoms with E-state index in [1.807, 2.05) is 0 Å². The molecule has 52 valence electrons. The van der Waals surface area contributed by atoms with Crippen LogP contribution in [0, 0.1) is 0 Å². The third-order valence-corrected chi connectivity index (χ3v) is 1.47. The molecule has 0 radical (unpaired) electrons. The average Bonchev–Trinajstić information content (AvgIpc) is 1.62. The summed E-state index contributed by atoms with van der Waals surface area (Å²) in [4.78, 5) is 10.4. The van der Waals surface area contributed by atoms with E-state index in [2.05, 4.69) is 0 Å². The normalized spacial score (nSPS) is 23.6. The van der Waals surface area contributed by atoms with Gasteiger partial charge in [-0.3, -0.25) is 4.79 Å². The Morgan fingerprint density at radius 2 is 2.33 bits per heavy atom. The lowest BCUT2D eigenvalue weighted by atomic mass is 9.80. The molecule has 0 aromatic carbocycles. The highest BCUT2D eigenvalue weighted by atomic mass is 16.5. The first kappa shape index (κ1) is 6.71. The van der Waals surface area contributed by atoms with Crippen LogP contribution in [-0.4, -0.2) is 30.2 Å². The molecular weight excluding hydrogens is 120 g/mol. The van der Waals surface area contributed by atoms with Gasteiger partial charge in [0, 0.05) is 20.0 Å². The summed E-state index contributed by atoms with van der Waals surface area (Å²) >= 11 is 0. The van der Waals surface area contributed by atoms with Crippen LogP contribution in [0.4, 0.5) is 0 Å². The van der Waals surface area contributed by atoms with E-state index in [1.165, 1.54) is 7.11 Å². The Kier molecular flexibility index (Phi) is 1.55. The van der Waals surface area contributed by atoms with E-state index in [0.717, 1.165) is 0 Å². The molecule has 3 nitrogen and oxygen atoms in total. The lowest BCUT2D eigenvalue weighted by Crippen LogP contribution is -2.47. The van der Waals surface area contributed by atoms with Crippen molar-refractivity contribution in [2.75, 3.05) is 13.7 Å². The maximum atomic E-state index is 10.4. The van der Waals surface area contributed by atoms with Crippen LogP contribution in [-0.2, 0) is 9.53 Å². The highest BCUT2D eigenvalue weighted by Crippen LogP contribution is 2.27. The van der Waals surface area contributed by atoms with Crippen LogP contribution >= 0.6 is 0 Å². The van der Waals surface area contributed by atoms with Crippen LogP contribution in [0.25, 0.3) is 0 Å². The fourth-order valence-corrected chi connectivity index (χ4v) is 1.05. The smallest absolute Gasteiger partial charge is 0.138 e. The molecule has 0 heterocycles. The van der Waals surface area contributed by atoms with Gasteiger partial charge in [-0.15, -0.1) is 0 Å². The summed E-state index contributed by atoms with van der Waals surface area (Å²) in [6.07, 6.45) is 0.529. The van der Waals surface area contributed by atoms with Crippen LogP contribution in [0.1, 0.15) is 12.8 Å². The molecule has 0 spiro atoms. The van der Waals surface area contributed by atoms with E-state index < -0.39 is 5.60 Å². The number of rotatable bonds is 2. The van der Waals surface area contributed by atoms with Gasteiger partial charge in [0.25, 0.3) is 0 Å². The maximum Gasteiger partial charge on any atom is 0.138 e. The molecule has 0 amide bonds. The summed E-state index contributed by atoms with van der Waals surface area (Å²) in [5, 5.41) is 9.23. The topological polar surface area (TPSA) is 46.5 Å². The number of hydrogen-bond donors (Lipinski definition) is 1.